The van der Waals surface area contributed by atoms with Crippen LogP contribution in [0.15, 0.2) is 18.3 Å². The fourth-order valence-corrected chi connectivity index (χ4v) is 1.46. The topological polar surface area (TPSA) is 34.6 Å². The number of unbranched alkanes of at least 4 members (excludes halogenated alkanes) is 1. The molecule has 142 valence electrons. The molecule has 1 aromatic rings. The fourth-order valence-electron chi connectivity index (χ4n) is 1.46. The zero-order chi connectivity index (χ0) is 19.0. The van der Waals surface area contributed by atoms with Crippen molar-refractivity contribution in [3.05, 3.63) is 24.0 Å². The maximum absolute atomic E-state index is 5.68. The lowest BCUT2D eigenvalue weighted by Crippen LogP contribution is -2.38. The number of likely N-dealkylation sites (N-methyl/N-ethyl adjacent to an activating group) is 1. The van der Waals surface area contributed by atoms with Gasteiger partial charge in [-0.1, -0.05) is 40.5 Å². The number of pyridine rings is 1. The zero-order valence-corrected chi connectivity index (χ0v) is 17.4. The first-order chi connectivity index (χ1) is 11.4. The molecule has 1 rings (SSSR count). The molecule has 0 N–H and O–H groups in total. The Bertz CT molecular complexity index is 364. The molecule has 0 fully saturated rings. The summed E-state index contributed by atoms with van der Waals surface area (Å²) in [6, 6.07) is 4.38. The monoisotopic (exact) mass is 340 g/mol. The minimum absolute atomic E-state index is 0.0682. The third-order valence-electron chi connectivity index (χ3n) is 3.53. The number of ether oxygens (including phenoxy) is 2. The molecule has 0 aromatic carbocycles. The summed E-state index contributed by atoms with van der Waals surface area (Å²) >= 11 is 0. The molecule has 24 heavy (non-hydrogen) atoms. The Morgan fingerprint density at radius 3 is 2.08 bits per heavy atom. The van der Waals surface area contributed by atoms with E-state index in [0.717, 1.165) is 18.0 Å². The molecular formula is C20H40N2O2. The lowest BCUT2D eigenvalue weighted by atomic mass is 10.3. The summed E-state index contributed by atoms with van der Waals surface area (Å²) in [6.45, 7) is 16.0. The summed E-state index contributed by atoms with van der Waals surface area (Å²) in [5, 5.41) is 0. The van der Waals surface area contributed by atoms with Crippen LogP contribution in [0.3, 0.4) is 0 Å². The maximum atomic E-state index is 5.68. The summed E-state index contributed by atoms with van der Waals surface area (Å²) in [7, 11) is 3.81. The quantitative estimate of drug-likeness (QED) is 0.670. The highest BCUT2D eigenvalue weighted by atomic mass is 16.5. The number of methoxy groups -OCH3 is 1. The van der Waals surface area contributed by atoms with E-state index >= 15 is 0 Å². The number of hydrogen-bond donors (Lipinski definition) is 0. The normalized spacial score (nSPS) is 11.3. The smallest absolute Gasteiger partial charge is 0.137 e. The second-order valence-electron chi connectivity index (χ2n) is 5.84. The molecule has 1 heterocycles. The van der Waals surface area contributed by atoms with E-state index in [1.54, 1.807) is 13.3 Å². The van der Waals surface area contributed by atoms with Crippen molar-refractivity contribution in [1.29, 1.82) is 0 Å². The minimum Gasteiger partial charge on any atom is -0.489 e. The molecule has 0 bridgehead atoms. The number of aryl methyl sites for hydroxylation is 1. The first kappa shape index (κ1) is 25.1. The van der Waals surface area contributed by atoms with E-state index in [4.69, 9.17) is 9.47 Å². The Morgan fingerprint density at radius 2 is 1.71 bits per heavy atom. The van der Waals surface area contributed by atoms with Crippen molar-refractivity contribution in [1.82, 2.24) is 9.88 Å². The van der Waals surface area contributed by atoms with E-state index in [-0.39, 0.29) is 6.10 Å². The van der Waals surface area contributed by atoms with Gasteiger partial charge in [-0.05, 0) is 40.0 Å². The summed E-state index contributed by atoms with van der Waals surface area (Å²) in [5.74, 6) is 0.787. The van der Waals surface area contributed by atoms with Gasteiger partial charge in [0.1, 0.15) is 18.5 Å². The van der Waals surface area contributed by atoms with E-state index in [0.29, 0.717) is 12.6 Å². The molecule has 4 heteroatoms. The third kappa shape index (κ3) is 13.3. The highest BCUT2D eigenvalue weighted by Gasteiger charge is 2.13. The van der Waals surface area contributed by atoms with Crippen molar-refractivity contribution in [2.75, 3.05) is 27.3 Å². The Morgan fingerprint density at radius 1 is 1.12 bits per heavy atom. The standard InChI is InChI=1S/C14H24N2O2.C4H10.C2H6/c1-11(2)16(4)9-14(17-5)10-18-13-7-6-12(3)15-8-13;1-3-4-2;1-2/h6-8,11,14H,9-10H2,1-5H3;3-4H2,1-2H3;1-2H3. The molecule has 0 amide bonds. The average molecular weight is 341 g/mol. The molecule has 0 radical (unpaired) electrons. The Hall–Kier alpha value is -1.13. The van der Waals surface area contributed by atoms with Gasteiger partial charge in [-0.3, -0.25) is 4.98 Å². The van der Waals surface area contributed by atoms with Gasteiger partial charge in [0, 0.05) is 25.4 Å². The van der Waals surface area contributed by atoms with Gasteiger partial charge in [0.05, 0.1) is 6.20 Å². The molecule has 0 spiro atoms. The van der Waals surface area contributed by atoms with Crippen LogP contribution in [0.2, 0.25) is 0 Å². The van der Waals surface area contributed by atoms with Crippen LogP contribution in [-0.2, 0) is 4.74 Å². The largest absolute Gasteiger partial charge is 0.489 e. The molecule has 0 aliphatic heterocycles. The van der Waals surface area contributed by atoms with Gasteiger partial charge >= 0.3 is 0 Å². The minimum atomic E-state index is 0.0682. The van der Waals surface area contributed by atoms with Crippen LogP contribution in [0.4, 0.5) is 0 Å². The van der Waals surface area contributed by atoms with Gasteiger partial charge in [0.25, 0.3) is 0 Å². The number of nitrogens with zero attached hydrogens (tertiary/aromatic N) is 2. The van der Waals surface area contributed by atoms with Crippen LogP contribution >= 0.6 is 0 Å². The van der Waals surface area contributed by atoms with Crippen LogP contribution in [-0.4, -0.2) is 49.3 Å². The second kappa shape index (κ2) is 16.7. The van der Waals surface area contributed by atoms with Gasteiger partial charge < -0.3 is 14.4 Å². The van der Waals surface area contributed by atoms with Crippen LogP contribution < -0.4 is 4.74 Å². The van der Waals surface area contributed by atoms with Crippen molar-refractivity contribution in [3.63, 3.8) is 0 Å². The Balaban J connectivity index is 0. The molecule has 1 unspecified atom stereocenters. The molecule has 0 saturated heterocycles. The second-order valence-corrected chi connectivity index (χ2v) is 5.84. The molecule has 0 aliphatic rings. The highest BCUT2D eigenvalue weighted by molar-refractivity contribution is 5.19. The number of aromatic nitrogens is 1. The molecule has 0 aliphatic carbocycles. The van der Waals surface area contributed by atoms with Crippen molar-refractivity contribution >= 4 is 0 Å². The molecule has 1 atom stereocenters. The zero-order valence-electron chi connectivity index (χ0n) is 17.4. The summed E-state index contributed by atoms with van der Waals surface area (Å²) in [6.07, 6.45) is 4.45. The SMILES string of the molecule is CC.CCCC.COC(COc1ccc(C)nc1)CN(C)C(C)C. The maximum Gasteiger partial charge on any atom is 0.137 e. The molecular weight excluding hydrogens is 300 g/mol. The lowest BCUT2D eigenvalue weighted by Gasteiger charge is -2.26. The first-order valence-electron chi connectivity index (χ1n) is 9.22. The first-order valence-corrected chi connectivity index (χ1v) is 9.22. The molecule has 1 aromatic heterocycles. The van der Waals surface area contributed by atoms with E-state index < -0.39 is 0 Å². The van der Waals surface area contributed by atoms with Crippen molar-refractivity contribution in [2.24, 2.45) is 0 Å². The van der Waals surface area contributed by atoms with Crippen molar-refractivity contribution in [3.8, 4) is 5.75 Å². The van der Waals surface area contributed by atoms with E-state index in [9.17, 15) is 0 Å². The van der Waals surface area contributed by atoms with Gasteiger partial charge in [-0.2, -0.15) is 0 Å². The lowest BCUT2D eigenvalue weighted by molar-refractivity contribution is 0.0290. The predicted molar refractivity (Wildman–Crippen MR) is 105 cm³/mol. The fraction of sp³-hybridized carbons (Fsp3) is 0.750. The third-order valence-corrected chi connectivity index (χ3v) is 3.53. The van der Waals surface area contributed by atoms with Gasteiger partial charge in [-0.25, -0.2) is 0 Å². The Kier molecular flexibility index (Phi) is 17.5. The summed E-state index contributed by atoms with van der Waals surface area (Å²) in [4.78, 5) is 6.44. The summed E-state index contributed by atoms with van der Waals surface area (Å²) < 4.78 is 11.1. The molecule has 0 saturated carbocycles. The average Bonchev–Trinajstić information content (AvgIpc) is 2.61. The van der Waals surface area contributed by atoms with Crippen molar-refractivity contribution in [2.45, 2.75) is 73.5 Å². The Labute approximate surface area is 150 Å². The van der Waals surface area contributed by atoms with Gasteiger partial charge in [0.15, 0.2) is 0 Å². The van der Waals surface area contributed by atoms with Crippen molar-refractivity contribution < 1.29 is 9.47 Å². The van der Waals surface area contributed by atoms with Crippen LogP contribution in [0.25, 0.3) is 0 Å². The van der Waals surface area contributed by atoms with E-state index in [1.165, 1.54) is 12.8 Å². The van der Waals surface area contributed by atoms with Gasteiger partial charge in [-0.15, -0.1) is 0 Å². The highest BCUT2D eigenvalue weighted by Crippen LogP contribution is 2.10. The van der Waals surface area contributed by atoms with E-state index in [2.05, 4.69) is 44.6 Å². The van der Waals surface area contributed by atoms with Crippen LogP contribution in [0.1, 0.15) is 60.1 Å². The van der Waals surface area contributed by atoms with Crippen LogP contribution in [0.5, 0.6) is 5.75 Å². The predicted octanol–water partition coefficient (Wildman–Crippen LogP) is 4.96. The van der Waals surface area contributed by atoms with E-state index in [1.807, 2.05) is 32.9 Å². The summed E-state index contributed by atoms with van der Waals surface area (Å²) in [5.41, 5.74) is 0.991. The molecule has 4 nitrogen and oxygen atoms in total. The number of hydrogen-bond acceptors (Lipinski definition) is 4. The number of rotatable bonds is 8. The van der Waals surface area contributed by atoms with Gasteiger partial charge in [0.2, 0.25) is 0 Å². The van der Waals surface area contributed by atoms with Crippen LogP contribution in [0, 0.1) is 6.92 Å².